The van der Waals surface area contributed by atoms with Gasteiger partial charge in [0.25, 0.3) is 5.91 Å². The fraction of sp³-hybridized carbons (Fsp3) is 0.318. The highest BCUT2D eigenvalue weighted by Gasteiger charge is 2.33. The van der Waals surface area contributed by atoms with Crippen molar-refractivity contribution in [3.8, 4) is 5.75 Å². The standard InChI is InChI=1S/C22H25NO2/c1-16(2)18-12-9-17(10-13-18)11-14-21(24)23-15-22(3,4)25-20-8-6-5-7-19(20)23/h5-14,16H,15H2,1-4H3/b14-11+. The van der Waals surface area contributed by atoms with E-state index < -0.39 is 5.60 Å². The van der Waals surface area contributed by atoms with Gasteiger partial charge in [-0.3, -0.25) is 4.79 Å². The Bertz CT molecular complexity index is 788. The van der Waals surface area contributed by atoms with Crippen LogP contribution in [0.4, 0.5) is 5.69 Å². The van der Waals surface area contributed by atoms with E-state index in [0.717, 1.165) is 17.0 Å². The fourth-order valence-electron chi connectivity index (χ4n) is 3.01. The Morgan fingerprint density at radius 3 is 2.48 bits per heavy atom. The molecule has 0 atom stereocenters. The summed E-state index contributed by atoms with van der Waals surface area (Å²) >= 11 is 0. The van der Waals surface area contributed by atoms with E-state index in [-0.39, 0.29) is 5.91 Å². The molecule has 1 aliphatic heterocycles. The van der Waals surface area contributed by atoms with Crippen molar-refractivity contribution >= 4 is 17.7 Å². The molecule has 0 unspecified atom stereocenters. The highest BCUT2D eigenvalue weighted by atomic mass is 16.5. The Morgan fingerprint density at radius 1 is 1.12 bits per heavy atom. The van der Waals surface area contributed by atoms with Crippen LogP contribution in [0.25, 0.3) is 6.08 Å². The molecule has 1 aliphatic rings. The van der Waals surface area contributed by atoms with Crippen molar-refractivity contribution in [3.63, 3.8) is 0 Å². The average Bonchev–Trinajstić information content (AvgIpc) is 2.58. The van der Waals surface area contributed by atoms with E-state index in [9.17, 15) is 4.79 Å². The second-order valence-corrected chi connectivity index (χ2v) is 7.41. The smallest absolute Gasteiger partial charge is 0.251 e. The number of nitrogens with zero attached hydrogens (tertiary/aromatic N) is 1. The summed E-state index contributed by atoms with van der Waals surface area (Å²) < 4.78 is 5.98. The number of anilines is 1. The third kappa shape index (κ3) is 3.93. The first-order chi connectivity index (χ1) is 11.9. The third-order valence-electron chi connectivity index (χ3n) is 4.37. The molecule has 130 valence electrons. The molecule has 0 aliphatic carbocycles. The molecule has 3 heteroatoms. The molecule has 0 saturated heterocycles. The molecule has 0 N–H and O–H groups in total. The van der Waals surface area contributed by atoms with Crippen molar-refractivity contribution in [1.29, 1.82) is 0 Å². The van der Waals surface area contributed by atoms with E-state index in [1.165, 1.54) is 5.56 Å². The zero-order valence-corrected chi connectivity index (χ0v) is 15.3. The van der Waals surface area contributed by atoms with Crippen LogP contribution in [0.1, 0.15) is 44.7 Å². The molecule has 2 aromatic carbocycles. The van der Waals surface area contributed by atoms with Crippen LogP contribution in [0.3, 0.4) is 0 Å². The maximum Gasteiger partial charge on any atom is 0.251 e. The molecule has 3 rings (SSSR count). The van der Waals surface area contributed by atoms with E-state index in [0.29, 0.717) is 12.5 Å². The molecule has 25 heavy (non-hydrogen) atoms. The fourth-order valence-corrected chi connectivity index (χ4v) is 3.01. The zero-order valence-electron chi connectivity index (χ0n) is 15.3. The number of amides is 1. The Labute approximate surface area is 149 Å². The van der Waals surface area contributed by atoms with Crippen LogP contribution in [-0.4, -0.2) is 18.1 Å². The molecule has 0 saturated carbocycles. The monoisotopic (exact) mass is 335 g/mol. The number of carbonyl (C=O) groups excluding carboxylic acids is 1. The summed E-state index contributed by atoms with van der Waals surface area (Å²) in [5, 5.41) is 0. The molecule has 2 aromatic rings. The summed E-state index contributed by atoms with van der Waals surface area (Å²) in [5.41, 5.74) is 2.74. The minimum atomic E-state index is -0.406. The van der Waals surface area contributed by atoms with Gasteiger partial charge in [-0.1, -0.05) is 50.2 Å². The lowest BCUT2D eigenvalue weighted by molar-refractivity contribution is -0.115. The summed E-state index contributed by atoms with van der Waals surface area (Å²) in [7, 11) is 0. The van der Waals surface area contributed by atoms with Gasteiger partial charge in [0.15, 0.2) is 0 Å². The predicted molar refractivity (Wildman–Crippen MR) is 103 cm³/mol. The Morgan fingerprint density at radius 2 is 1.80 bits per heavy atom. The Hall–Kier alpha value is -2.55. The second-order valence-electron chi connectivity index (χ2n) is 7.41. The molecular weight excluding hydrogens is 310 g/mol. The van der Waals surface area contributed by atoms with Gasteiger partial charge in [0.1, 0.15) is 11.4 Å². The van der Waals surface area contributed by atoms with E-state index in [2.05, 4.69) is 38.1 Å². The van der Waals surface area contributed by atoms with Gasteiger partial charge in [-0.2, -0.15) is 0 Å². The second kappa shape index (κ2) is 6.75. The molecule has 0 bridgehead atoms. The average molecular weight is 335 g/mol. The first kappa shape index (κ1) is 17.3. The largest absolute Gasteiger partial charge is 0.484 e. The van der Waals surface area contributed by atoms with Gasteiger partial charge in [-0.05, 0) is 49.1 Å². The summed E-state index contributed by atoms with van der Waals surface area (Å²) in [6.45, 7) is 8.87. The van der Waals surface area contributed by atoms with Gasteiger partial charge in [0, 0.05) is 6.08 Å². The predicted octanol–water partition coefficient (Wildman–Crippen LogP) is 5.03. The van der Waals surface area contributed by atoms with Crippen LogP contribution in [0.15, 0.2) is 54.6 Å². The van der Waals surface area contributed by atoms with Crippen molar-refractivity contribution in [2.45, 2.75) is 39.2 Å². The van der Waals surface area contributed by atoms with E-state index in [1.54, 1.807) is 11.0 Å². The topological polar surface area (TPSA) is 29.5 Å². The third-order valence-corrected chi connectivity index (χ3v) is 4.37. The molecule has 0 aromatic heterocycles. The van der Waals surface area contributed by atoms with Crippen LogP contribution in [0.2, 0.25) is 0 Å². The number of benzene rings is 2. The van der Waals surface area contributed by atoms with Crippen LogP contribution in [0.5, 0.6) is 5.75 Å². The van der Waals surface area contributed by atoms with Crippen LogP contribution in [-0.2, 0) is 4.79 Å². The van der Waals surface area contributed by atoms with Crippen LogP contribution >= 0.6 is 0 Å². The highest BCUT2D eigenvalue weighted by Crippen LogP contribution is 2.36. The summed E-state index contributed by atoms with van der Waals surface area (Å²) in [6, 6.07) is 16.0. The van der Waals surface area contributed by atoms with Crippen molar-refractivity contribution in [2.24, 2.45) is 0 Å². The Balaban J connectivity index is 1.81. The maximum absolute atomic E-state index is 12.8. The van der Waals surface area contributed by atoms with Crippen LogP contribution in [0, 0.1) is 0 Å². The number of hydrogen-bond acceptors (Lipinski definition) is 2. The van der Waals surface area contributed by atoms with Crippen LogP contribution < -0.4 is 9.64 Å². The number of para-hydroxylation sites is 2. The van der Waals surface area contributed by atoms with Gasteiger partial charge in [-0.25, -0.2) is 0 Å². The number of ether oxygens (including phenoxy) is 1. The lowest BCUT2D eigenvalue weighted by atomic mass is 10.0. The lowest BCUT2D eigenvalue weighted by Crippen LogP contribution is -2.48. The molecule has 3 nitrogen and oxygen atoms in total. The summed E-state index contributed by atoms with van der Waals surface area (Å²) in [4.78, 5) is 14.6. The highest BCUT2D eigenvalue weighted by molar-refractivity contribution is 6.05. The minimum absolute atomic E-state index is 0.0308. The lowest BCUT2D eigenvalue weighted by Gasteiger charge is -2.39. The molecule has 0 spiro atoms. The summed E-state index contributed by atoms with van der Waals surface area (Å²) in [6.07, 6.45) is 3.51. The van der Waals surface area contributed by atoms with Gasteiger partial charge >= 0.3 is 0 Å². The van der Waals surface area contributed by atoms with Crippen molar-refractivity contribution < 1.29 is 9.53 Å². The van der Waals surface area contributed by atoms with Gasteiger partial charge in [0.2, 0.25) is 0 Å². The molecule has 0 radical (unpaired) electrons. The van der Waals surface area contributed by atoms with E-state index in [4.69, 9.17) is 4.74 Å². The van der Waals surface area contributed by atoms with Crippen molar-refractivity contribution in [3.05, 3.63) is 65.7 Å². The molecular formula is C22H25NO2. The quantitative estimate of drug-likeness (QED) is 0.737. The maximum atomic E-state index is 12.8. The molecule has 0 fully saturated rings. The number of rotatable bonds is 3. The number of fused-ring (bicyclic) bond motifs is 1. The van der Waals surface area contributed by atoms with Gasteiger partial charge in [0.05, 0.1) is 12.2 Å². The van der Waals surface area contributed by atoms with Crippen molar-refractivity contribution in [2.75, 3.05) is 11.4 Å². The first-order valence-corrected chi connectivity index (χ1v) is 8.73. The van der Waals surface area contributed by atoms with Gasteiger partial charge < -0.3 is 9.64 Å². The summed E-state index contributed by atoms with van der Waals surface area (Å²) in [5.74, 6) is 1.23. The van der Waals surface area contributed by atoms with E-state index >= 15 is 0 Å². The Kier molecular flexibility index (Phi) is 4.67. The number of carbonyl (C=O) groups is 1. The molecule has 1 amide bonds. The van der Waals surface area contributed by atoms with Gasteiger partial charge in [-0.15, -0.1) is 0 Å². The SMILES string of the molecule is CC(C)c1ccc(/C=C/C(=O)N2CC(C)(C)Oc3ccccc32)cc1. The number of hydrogen-bond donors (Lipinski definition) is 0. The van der Waals surface area contributed by atoms with Crippen molar-refractivity contribution in [1.82, 2.24) is 0 Å². The normalized spacial score (nSPS) is 16.0. The minimum Gasteiger partial charge on any atom is -0.484 e. The zero-order chi connectivity index (χ0) is 18.0. The first-order valence-electron chi connectivity index (χ1n) is 8.73. The molecule has 1 heterocycles. The van der Waals surface area contributed by atoms with E-state index in [1.807, 2.05) is 44.2 Å².